The minimum Gasteiger partial charge on any atom is -0.361 e. The molecule has 3 aromatic carbocycles. The summed E-state index contributed by atoms with van der Waals surface area (Å²) in [5.74, 6) is 0.141. The van der Waals surface area contributed by atoms with Gasteiger partial charge in [-0.1, -0.05) is 35.9 Å². The number of amides is 2. The highest BCUT2D eigenvalue weighted by molar-refractivity contribution is 6.30. The molecule has 43 heavy (non-hydrogen) atoms. The lowest BCUT2D eigenvalue weighted by atomic mass is 9.91. The van der Waals surface area contributed by atoms with Gasteiger partial charge in [-0.05, 0) is 86.4 Å². The van der Waals surface area contributed by atoms with Crippen molar-refractivity contribution in [1.29, 1.82) is 0 Å². The van der Waals surface area contributed by atoms with Gasteiger partial charge in [0.25, 0.3) is 5.91 Å². The summed E-state index contributed by atoms with van der Waals surface area (Å²) in [5, 5.41) is 5.10. The highest BCUT2D eigenvalue weighted by Crippen LogP contribution is 2.33. The summed E-state index contributed by atoms with van der Waals surface area (Å²) in [5.41, 5.74) is 4.93. The lowest BCUT2D eigenvalue weighted by Crippen LogP contribution is -2.46. The van der Waals surface area contributed by atoms with Gasteiger partial charge in [-0.2, -0.15) is 0 Å². The first kappa shape index (κ1) is 30.7. The number of carbonyl (C=O) groups is 2. The van der Waals surface area contributed by atoms with E-state index in [1.54, 1.807) is 17.0 Å². The van der Waals surface area contributed by atoms with Crippen LogP contribution < -0.4 is 10.2 Å². The van der Waals surface area contributed by atoms with Crippen LogP contribution in [0.2, 0.25) is 5.02 Å². The predicted octanol–water partition coefficient (Wildman–Crippen LogP) is 5.39. The maximum atomic E-state index is 13.2. The van der Waals surface area contributed by atoms with Gasteiger partial charge in [0, 0.05) is 79.1 Å². The van der Waals surface area contributed by atoms with E-state index in [0.717, 1.165) is 55.2 Å². The van der Waals surface area contributed by atoms with Crippen molar-refractivity contribution in [2.45, 2.75) is 19.3 Å². The molecular formula is C34H39ClFN5O2. The Hall–Kier alpha value is -3.72. The number of halogens is 2. The van der Waals surface area contributed by atoms with Crippen molar-refractivity contribution in [1.82, 2.24) is 20.1 Å². The second-order valence-electron chi connectivity index (χ2n) is 11.5. The SMILES string of the molecule is CN(C)C[C@H]1Cc2cc(Cl)ccc2N(C(=O)CCc2c[nH]c3ccccc23)C1.O=C(c1cccc(F)c1)N1CCNCC1. The zero-order valence-electron chi connectivity index (χ0n) is 24.8. The number of benzene rings is 3. The molecule has 6 rings (SSSR count). The van der Waals surface area contributed by atoms with Gasteiger partial charge in [-0.25, -0.2) is 4.39 Å². The molecule has 0 bridgehead atoms. The Bertz CT molecular complexity index is 1570. The Morgan fingerprint density at radius 3 is 2.58 bits per heavy atom. The molecule has 2 amide bonds. The maximum absolute atomic E-state index is 13.2. The summed E-state index contributed by atoms with van der Waals surface area (Å²) >= 11 is 6.22. The molecule has 1 atom stereocenters. The third kappa shape index (κ3) is 7.82. The molecule has 0 aliphatic carbocycles. The zero-order valence-corrected chi connectivity index (χ0v) is 25.5. The Kier molecular flexibility index (Phi) is 10.1. The van der Waals surface area contributed by atoms with Crippen LogP contribution in [-0.2, 0) is 17.6 Å². The van der Waals surface area contributed by atoms with E-state index in [1.165, 1.54) is 28.6 Å². The van der Waals surface area contributed by atoms with E-state index in [9.17, 15) is 14.0 Å². The summed E-state index contributed by atoms with van der Waals surface area (Å²) in [4.78, 5) is 34.3. The summed E-state index contributed by atoms with van der Waals surface area (Å²) in [7, 11) is 4.16. The van der Waals surface area contributed by atoms with Crippen molar-refractivity contribution >= 4 is 40.0 Å². The number of nitrogens with one attached hydrogen (secondary N) is 2. The quantitative estimate of drug-likeness (QED) is 0.310. The molecule has 0 spiro atoms. The van der Waals surface area contributed by atoms with Gasteiger partial charge in [0.05, 0.1) is 0 Å². The van der Waals surface area contributed by atoms with Crippen molar-refractivity contribution in [2.24, 2.45) is 5.92 Å². The minimum absolute atomic E-state index is 0.0870. The maximum Gasteiger partial charge on any atom is 0.254 e. The second-order valence-corrected chi connectivity index (χ2v) is 12.0. The smallest absolute Gasteiger partial charge is 0.254 e. The molecule has 1 saturated heterocycles. The Balaban J connectivity index is 0.000000207. The first-order valence-electron chi connectivity index (χ1n) is 14.8. The number of rotatable bonds is 6. The number of piperazine rings is 1. The van der Waals surface area contributed by atoms with E-state index in [-0.39, 0.29) is 17.6 Å². The first-order valence-corrected chi connectivity index (χ1v) is 15.2. The van der Waals surface area contributed by atoms with Crippen LogP contribution in [0.3, 0.4) is 0 Å². The summed E-state index contributed by atoms with van der Waals surface area (Å²) in [6.45, 7) is 4.71. The average Bonchev–Trinajstić information content (AvgIpc) is 3.42. The first-order chi connectivity index (χ1) is 20.8. The topological polar surface area (TPSA) is 71.7 Å². The van der Waals surface area contributed by atoms with Crippen LogP contribution in [0, 0.1) is 11.7 Å². The van der Waals surface area contributed by atoms with Gasteiger partial charge < -0.3 is 25.0 Å². The van der Waals surface area contributed by atoms with Gasteiger partial charge in [0.15, 0.2) is 0 Å². The molecule has 2 N–H and O–H groups in total. The highest BCUT2D eigenvalue weighted by Gasteiger charge is 2.29. The van der Waals surface area contributed by atoms with Crippen LogP contribution >= 0.6 is 11.6 Å². The van der Waals surface area contributed by atoms with Crippen LogP contribution in [0.5, 0.6) is 0 Å². The van der Waals surface area contributed by atoms with Crippen LogP contribution in [-0.4, -0.2) is 80.0 Å². The molecule has 9 heteroatoms. The number of aromatic nitrogens is 1. The van der Waals surface area contributed by atoms with Crippen LogP contribution in [0.25, 0.3) is 10.9 Å². The number of hydrogen-bond donors (Lipinski definition) is 2. The number of H-pyrrole nitrogens is 1. The van der Waals surface area contributed by atoms with Crippen molar-refractivity contribution < 1.29 is 14.0 Å². The van der Waals surface area contributed by atoms with E-state index in [0.29, 0.717) is 31.0 Å². The number of nitrogens with zero attached hydrogens (tertiary/aromatic N) is 3. The Morgan fingerprint density at radius 2 is 1.81 bits per heavy atom. The normalized spacial score (nSPS) is 16.5. The summed E-state index contributed by atoms with van der Waals surface area (Å²) < 4.78 is 12.9. The molecular weight excluding hydrogens is 565 g/mol. The lowest BCUT2D eigenvalue weighted by Gasteiger charge is -2.36. The molecule has 2 aliphatic heterocycles. The van der Waals surface area contributed by atoms with Gasteiger partial charge >= 0.3 is 0 Å². The average molecular weight is 604 g/mol. The molecule has 0 saturated carbocycles. The van der Waals surface area contributed by atoms with Gasteiger partial charge in [-0.15, -0.1) is 0 Å². The Morgan fingerprint density at radius 1 is 1.02 bits per heavy atom. The van der Waals surface area contributed by atoms with Crippen molar-refractivity contribution in [3.05, 3.63) is 100 Å². The third-order valence-corrected chi connectivity index (χ3v) is 8.20. The fourth-order valence-electron chi connectivity index (χ4n) is 5.97. The molecule has 226 valence electrons. The lowest BCUT2D eigenvalue weighted by molar-refractivity contribution is -0.118. The number of fused-ring (bicyclic) bond motifs is 2. The van der Waals surface area contributed by atoms with Crippen LogP contribution in [0.1, 0.15) is 27.9 Å². The fraction of sp³-hybridized carbons (Fsp3) is 0.353. The van der Waals surface area contributed by atoms with Crippen molar-refractivity contribution in [3.63, 3.8) is 0 Å². The molecule has 7 nitrogen and oxygen atoms in total. The third-order valence-electron chi connectivity index (χ3n) is 7.96. The molecule has 2 aliphatic rings. The second kappa shape index (κ2) is 14.2. The minimum atomic E-state index is -0.365. The zero-order chi connectivity index (χ0) is 30.3. The van der Waals surface area contributed by atoms with E-state index < -0.39 is 0 Å². The number of para-hydroxylation sites is 1. The molecule has 1 fully saturated rings. The number of hydrogen-bond acceptors (Lipinski definition) is 4. The molecule has 0 radical (unpaired) electrons. The number of anilines is 1. The van der Waals surface area contributed by atoms with Crippen LogP contribution in [0.4, 0.5) is 10.1 Å². The van der Waals surface area contributed by atoms with E-state index in [2.05, 4.69) is 41.4 Å². The number of aryl methyl sites for hydroxylation is 1. The number of carbonyl (C=O) groups excluding carboxylic acids is 2. The van der Waals surface area contributed by atoms with Gasteiger partial charge in [-0.3, -0.25) is 9.59 Å². The summed E-state index contributed by atoms with van der Waals surface area (Å²) in [6.07, 6.45) is 4.22. The highest BCUT2D eigenvalue weighted by atomic mass is 35.5. The predicted molar refractivity (Wildman–Crippen MR) is 171 cm³/mol. The van der Waals surface area contributed by atoms with E-state index in [1.807, 2.05) is 41.4 Å². The summed E-state index contributed by atoms with van der Waals surface area (Å²) in [6, 6.07) is 20.0. The van der Waals surface area contributed by atoms with Crippen molar-refractivity contribution in [2.75, 3.05) is 58.3 Å². The van der Waals surface area contributed by atoms with E-state index in [4.69, 9.17) is 11.6 Å². The van der Waals surface area contributed by atoms with Gasteiger partial charge in [0.2, 0.25) is 5.91 Å². The monoisotopic (exact) mass is 603 g/mol. The van der Waals surface area contributed by atoms with E-state index >= 15 is 0 Å². The fourth-order valence-corrected chi connectivity index (χ4v) is 6.17. The van der Waals surface area contributed by atoms with Crippen molar-refractivity contribution in [3.8, 4) is 0 Å². The molecule has 3 heterocycles. The van der Waals surface area contributed by atoms with Gasteiger partial charge in [0.1, 0.15) is 5.82 Å². The molecule has 1 aromatic heterocycles. The largest absolute Gasteiger partial charge is 0.361 e. The standard InChI is InChI=1S/C23H26ClN3O.C11H13FN2O/c1-26(2)14-16-11-18-12-19(24)8-9-22(18)27(15-16)23(28)10-7-17-13-25-21-6-4-3-5-20(17)21;12-10-3-1-2-9(8-10)11(15)14-6-4-13-5-7-14/h3-6,8-9,12-13,16,25H,7,10-11,14-15H2,1-2H3;1-3,8,13H,4-7H2/t16-;/m1./s1. The van der Waals surface area contributed by atoms with Crippen LogP contribution in [0.15, 0.2) is 72.9 Å². The Labute approximate surface area is 257 Å². The number of aromatic amines is 1. The molecule has 0 unspecified atom stereocenters. The molecule has 4 aromatic rings.